The first-order valence-electron chi connectivity index (χ1n) is 5.99. The molecular formula is C15H16N2. The first-order valence-corrected chi connectivity index (χ1v) is 5.99. The van der Waals surface area contributed by atoms with Crippen molar-refractivity contribution in [1.82, 2.24) is 4.98 Å². The lowest BCUT2D eigenvalue weighted by Crippen LogP contribution is -2.35. The minimum Gasteiger partial charge on any atom is -0.318 e. The molecule has 1 aliphatic rings. The summed E-state index contributed by atoms with van der Waals surface area (Å²) < 4.78 is 0. The highest BCUT2D eigenvalue weighted by molar-refractivity contribution is 5.46. The smallest absolute Gasteiger partial charge is 0.0686 e. The third-order valence-corrected chi connectivity index (χ3v) is 3.68. The fraction of sp³-hybridized carbons (Fsp3) is 0.267. The van der Waals surface area contributed by atoms with E-state index in [9.17, 15) is 0 Å². The molecule has 1 heterocycles. The zero-order valence-electron chi connectivity index (χ0n) is 9.98. The first kappa shape index (κ1) is 10.5. The normalized spacial score (nSPS) is 22.5. The maximum absolute atomic E-state index is 6.62. The van der Waals surface area contributed by atoms with Gasteiger partial charge in [0.15, 0.2) is 0 Å². The number of hydrogen-bond acceptors (Lipinski definition) is 2. The molecule has 0 saturated heterocycles. The van der Waals surface area contributed by atoms with Crippen LogP contribution in [0.2, 0.25) is 0 Å². The standard InChI is InChI=1S/C15H16N2/c1-11-8-13(10-17-9-11)15(16)7-6-12-4-2-3-5-14(12)15/h2-5,8-10H,6-7,16H2,1H3. The van der Waals surface area contributed by atoms with Gasteiger partial charge in [-0.05, 0) is 42.0 Å². The second kappa shape index (κ2) is 3.67. The third-order valence-electron chi connectivity index (χ3n) is 3.68. The fourth-order valence-corrected chi connectivity index (χ4v) is 2.74. The van der Waals surface area contributed by atoms with Gasteiger partial charge in [0.25, 0.3) is 0 Å². The molecule has 2 nitrogen and oxygen atoms in total. The van der Waals surface area contributed by atoms with E-state index in [0.29, 0.717) is 0 Å². The molecule has 1 atom stereocenters. The maximum atomic E-state index is 6.62. The Bertz CT molecular complexity index is 562. The zero-order valence-corrected chi connectivity index (χ0v) is 9.98. The number of benzene rings is 1. The Kier molecular flexibility index (Phi) is 2.26. The minimum absolute atomic E-state index is 0.352. The number of rotatable bonds is 1. The van der Waals surface area contributed by atoms with Crippen LogP contribution in [-0.4, -0.2) is 4.98 Å². The van der Waals surface area contributed by atoms with Crippen molar-refractivity contribution in [2.75, 3.05) is 0 Å². The van der Waals surface area contributed by atoms with Gasteiger partial charge >= 0.3 is 0 Å². The summed E-state index contributed by atoms with van der Waals surface area (Å²) in [6.07, 6.45) is 5.79. The van der Waals surface area contributed by atoms with Gasteiger partial charge in [-0.15, -0.1) is 0 Å². The maximum Gasteiger partial charge on any atom is 0.0686 e. The van der Waals surface area contributed by atoms with Crippen molar-refractivity contribution in [3.8, 4) is 0 Å². The SMILES string of the molecule is Cc1cncc(C2(N)CCc3ccccc32)c1. The Morgan fingerprint density at radius 2 is 2.06 bits per heavy atom. The molecule has 1 aliphatic carbocycles. The van der Waals surface area contributed by atoms with Gasteiger partial charge in [-0.25, -0.2) is 0 Å². The Morgan fingerprint density at radius 3 is 2.88 bits per heavy atom. The topological polar surface area (TPSA) is 38.9 Å². The summed E-state index contributed by atoms with van der Waals surface area (Å²) in [6.45, 7) is 2.06. The first-order chi connectivity index (χ1) is 8.20. The minimum atomic E-state index is -0.352. The van der Waals surface area contributed by atoms with Crippen molar-refractivity contribution in [1.29, 1.82) is 0 Å². The molecule has 0 fully saturated rings. The zero-order chi connectivity index (χ0) is 11.9. The van der Waals surface area contributed by atoms with Crippen molar-refractivity contribution in [2.24, 2.45) is 5.73 Å². The van der Waals surface area contributed by atoms with Crippen LogP contribution in [0.3, 0.4) is 0 Å². The van der Waals surface area contributed by atoms with Crippen LogP contribution in [0.5, 0.6) is 0 Å². The number of aryl methyl sites for hydroxylation is 2. The van der Waals surface area contributed by atoms with E-state index in [1.807, 2.05) is 12.4 Å². The van der Waals surface area contributed by atoms with Gasteiger partial charge in [-0.3, -0.25) is 4.98 Å². The number of nitrogens with zero attached hydrogens (tertiary/aromatic N) is 1. The molecule has 0 aliphatic heterocycles. The lowest BCUT2D eigenvalue weighted by atomic mass is 9.86. The molecular weight excluding hydrogens is 208 g/mol. The highest BCUT2D eigenvalue weighted by Crippen LogP contribution is 2.39. The van der Waals surface area contributed by atoms with E-state index in [1.54, 1.807) is 0 Å². The third kappa shape index (κ3) is 1.56. The second-order valence-electron chi connectivity index (χ2n) is 4.88. The van der Waals surface area contributed by atoms with Crippen molar-refractivity contribution in [3.63, 3.8) is 0 Å². The van der Waals surface area contributed by atoms with Crippen LogP contribution in [0.15, 0.2) is 42.7 Å². The molecule has 2 heteroatoms. The number of aromatic nitrogens is 1. The quantitative estimate of drug-likeness (QED) is 0.808. The van der Waals surface area contributed by atoms with E-state index in [0.717, 1.165) is 24.0 Å². The molecule has 1 unspecified atom stereocenters. The molecule has 86 valence electrons. The monoisotopic (exact) mass is 224 g/mol. The lowest BCUT2D eigenvalue weighted by molar-refractivity contribution is 0.532. The van der Waals surface area contributed by atoms with E-state index >= 15 is 0 Å². The molecule has 2 aromatic rings. The number of nitrogens with two attached hydrogens (primary N) is 1. The van der Waals surface area contributed by atoms with E-state index in [1.165, 1.54) is 11.1 Å². The van der Waals surface area contributed by atoms with Gasteiger partial charge in [0.2, 0.25) is 0 Å². The highest BCUT2D eigenvalue weighted by Gasteiger charge is 2.36. The van der Waals surface area contributed by atoms with Gasteiger partial charge in [0, 0.05) is 12.4 Å². The van der Waals surface area contributed by atoms with E-state index in [4.69, 9.17) is 5.73 Å². The summed E-state index contributed by atoms with van der Waals surface area (Å²) in [5, 5.41) is 0. The van der Waals surface area contributed by atoms with E-state index in [2.05, 4.69) is 42.2 Å². The Labute approximate surface area is 102 Å². The summed E-state index contributed by atoms with van der Waals surface area (Å²) in [5.41, 5.74) is 11.2. The Balaban J connectivity index is 2.15. The average Bonchev–Trinajstić information content (AvgIpc) is 2.69. The van der Waals surface area contributed by atoms with Crippen molar-refractivity contribution in [3.05, 3.63) is 65.0 Å². The summed E-state index contributed by atoms with van der Waals surface area (Å²) >= 11 is 0. The average molecular weight is 224 g/mol. The molecule has 0 amide bonds. The molecule has 0 saturated carbocycles. The second-order valence-corrected chi connectivity index (χ2v) is 4.88. The van der Waals surface area contributed by atoms with Gasteiger partial charge in [0.05, 0.1) is 5.54 Å². The van der Waals surface area contributed by atoms with Crippen LogP contribution in [0.25, 0.3) is 0 Å². The molecule has 1 aromatic carbocycles. The Morgan fingerprint density at radius 1 is 1.24 bits per heavy atom. The molecule has 1 aromatic heterocycles. The molecule has 3 rings (SSSR count). The molecule has 0 bridgehead atoms. The molecule has 2 N–H and O–H groups in total. The van der Waals surface area contributed by atoms with Crippen LogP contribution in [-0.2, 0) is 12.0 Å². The predicted octanol–water partition coefficient (Wildman–Crippen LogP) is 2.54. The number of pyridine rings is 1. The largest absolute Gasteiger partial charge is 0.318 e. The van der Waals surface area contributed by atoms with Gasteiger partial charge < -0.3 is 5.73 Å². The van der Waals surface area contributed by atoms with E-state index < -0.39 is 0 Å². The Hall–Kier alpha value is -1.67. The summed E-state index contributed by atoms with van der Waals surface area (Å²) in [5.74, 6) is 0. The van der Waals surface area contributed by atoms with Crippen LogP contribution in [0.4, 0.5) is 0 Å². The lowest BCUT2D eigenvalue weighted by Gasteiger charge is -2.26. The van der Waals surface area contributed by atoms with Gasteiger partial charge in [-0.1, -0.05) is 30.3 Å². The van der Waals surface area contributed by atoms with Crippen LogP contribution < -0.4 is 5.73 Å². The summed E-state index contributed by atoms with van der Waals surface area (Å²) in [7, 11) is 0. The number of fused-ring (bicyclic) bond motifs is 1. The van der Waals surface area contributed by atoms with Crippen LogP contribution in [0.1, 0.15) is 28.7 Å². The highest BCUT2D eigenvalue weighted by atomic mass is 14.8. The number of hydrogen-bond donors (Lipinski definition) is 1. The van der Waals surface area contributed by atoms with E-state index in [-0.39, 0.29) is 5.54 Å². The summed E-state index contributed by atoms with van der Waals surface area (Å²) in [6, 6.07) is 10.6. The van der Waals surface area contributed by atoms with Crippen molar-refractivity contribution < 1.29 is 0 Å². The predicted molar refractivity (Wildman–Crippen MR) is 68.7 cm³/mol. The fourth-order valence-electron chi connectivity index (χ4n) is 2.74. The van der Waals surface area contributed by atoms with Crippen LogP contribution in [0, 0.1) is 6.92 Å². The van der Waals surface area contributed by atoms with Crippen molar-refractivity contribution >= 4 is 0 Å². The van der Waals surface area contributed by atoms with Crippen LogP contribution >= 0.6 is 0 Å². The van der Waals surface area contributed by atoms with Gasteiger partial charge in [-0.2, -0.15) is 0 Å². The van der Waals surface area contributed by atoms with Gasteiger partial charge in [0.1, 0.15) is 0 Å². The molecule has 17 heavy (non-hydrogen) atoms. The molecule has 0 radical (unpaired) electrons. The van der Waals surface area contributed by atoms with Crippen molar-refractivity contribution in [2.45, 2.75) is 25.3 Å². The molecule has 0 spiro atoms. The summed E-state index contributed by atoms with van der Waals surface area (Å²) in [4.78, 5) is 4.27.